The molecule has 0 spiro atoms. The second-order valence-electron chi connectivity index (χ2n) is 3.64. The van der Waals surface area contributed by atoms with Gasteiger partial charge in [0.15, 0.2) is 15.7 Å². The lowest BCUT2D eigenvalue weighted by Crippen LogP contribution is -2.07. The summed E-state index contributed by atoms with van der Waals surface area (Å²) in [5.74, 6) is -1.16. The summed E-state index contributed by atoms with van der Waals surface area (Å²) in [7, 11) is -2.19. The summed E-state index contributed by atoms with van der Waals surface area (Å²) in [6.45, 7) is 0. The van der Waals surface area contributed by atoms with E-state index in [1.54, 1.807) is 0 Å². The lowest BCUT2D eigenvalue weighted by Gasteiger charge is -2.03. The van der Waals surface area contributed by atoms with Crippen LogP contribution < -0.4 is 5.73 Å². The molecule has 1 heterocycles. The van der Waals surface area contributed by atoms with Gasteiger partial charge in [0, 0.05) is 0 Å². The van der Waals surface area contributed by atoms with Gasteiger partial charge < -0.3 is 5.73 Å². The maximum Gasteiger partial charge on any atom is 0.190 e. The maximum absolute atomic E-state index is 13.2. The van der Waals surface area contributed by atoms with Crippen LogP contribution in [0.2, 0.25) is 0 Å². The third kappa shape index (κ3) is 2.45. The minimum atomic E-state index is -3.71. The lowest BCUT2D eigenvalue weighted by atomic mass is 10.3. The molecule has 2 N–H and O–H groups in total. The zero-order chi connectivity index (χ0) is 13.3. The number of nitrogens with zero attached hydrogens (tertiary/aromatic N) is 4. The van der Waals surface area contributed by atoms with E-state index in [9.17, 15) is 12.8 Å². The molecule has 0 fully saturated rings. The Labute approximate surface area is 102 Å². The molecule has 96 valence electrons. The smallest absolute Gasteiger partial charge is 0.190 e. The van der Waals surface area contributed by atoms with E-state index in [2.05, 4.69) is 15.4 Å². The highest BCUT2D eigenvalue weighted by molar-refractivity contribution is 7.90. The van der Waals surface area contributed by atoms with E-state index in [0.717, 1.165) is 10.9 Å². The number of rotatable bonds is 3. The molecule has 1 aromatic carbocycles. The second-order valence-corrected chi connectivity index (χ2v) is 5.63. The molecule has 0 amide bonds. The highest BCUT2D eigenvalue weighted by atomic mass is 32.2. The Kier molecular flexibility index (Phi) is 2.99. The number of sulfone groups is 1. The molecule has 18 heavy (non-hydrogen) atoms. The number of aromatic nitrogens is 4. The van der Waals surface area contributed by atoms with Crippen molar-refractivity contribution in [2.75, 3.05) is 5.73 Å². The zero-order valence-corrected chi connectivity index (χ0v) is 10.2. The Morgan fingerprint density at radius 3 is 2.72 bits per heavy atom. The Bertz CT molecular complexity index is 682. The molecule has 0 aliphatic carbocycles. The van der Waals surface area contributed by atoms with Crippen molar-refractivity contribution in [3.63, 3.8) is 0 Å². The van der Waals surface area contributed by atoms with Gasteiger partial charge in [-0.2, -0.15) is 4.80 Å². The van der Waals surface area contributed by atoms with Gasteiger partial charge >= 0.3 is 0 Å². The van der Waals surface area contributed by atoms with Gasteiger partial charge in [-0.05, 0) is 23.4 Å². The van der Waals surface area contributed by atoms with Crippen molar-refractivity contribution in [2.24, 2.45) is 7.05 Å². The molecular weight excluding hydrogens is 261 g/mol. The number of aryl methyl sites for hydroxylation is 1. The van der Waals surface area contributed by atoms with Crippen LogP contribution in [0.3, 0.4) is 0 Å². The maximum atomic E-state index is 13.2. The van der Waals surface area contributed by atoms with Crippen molar-refractivity contribution in [3.8, 4) is 0 Å². The van der Waals surface area contributed by atoms with Crippen molar-refractivity contribution < 1.29 is 12.8 Å². The topological polar surface area (TPSA) is 104 Å². The molecule has 0 saturated carbocycles. The monoisotopic (exact) mass is 271 g/mol. The van der Waals surface area contributed by atoms with Gasteiger partial charge in [0.1, 0.15) is 11.6 Å². The first kappa shape index (κ1) is 12.4. The van der Waals surface area contributed by atoms with E-state index in [0.29, 0.717) is 0 Å². The van der Waals surface area contributed by atoms with E-state index < -0.39 is 21.4 Å². The predicted molar refractivity (Wildman–Crippen MR) is 60.5 cm³/mol. The van der Waals surface area contributed by atoms with E-state index in [-0.39, 0.29) is 16.4 Å². The van der Waals surface area contributed by atoms with E-state index >= 15 is 0 Å². The molecule has 2 rings (SSSR count). The van der Waals surface area contributed by atoms with Gasteiger partial charge in [-0.25, -0.2) is 12.8 Å². The highest BCUT2D eigenvalue weighted by Gasteiger charge is 2.19. The normalized spacial score (nSPS) is 11.7. The first-order chi connectivity index (χ1) is 8.38. The summed E-state index contributed by atoms with van der Waals surface area (Å²) in [4.78, 5) is 0.982. The molecule has 1 aromatic heterocycles. The first-order valence-electron chi connectivity index (χ1n) is 4.89. The Hall–Kier alpha value is -2.03. The molecule has 2 aromatic rings. The number of nitrogens with two attached hydrogens (primary N) is 1. The largest absolute Gasteiger partial charge is 0.396 e. The number of halogens is 1. The molecule has 0 atom stereocenters. The first-order valence-corrected chi connectivity index (χ1v) is 6.54. The number of benzene rings is 1. The molecule has 0 saturated heterocycles. The summed E-state index contributed by atoms with van der Waals surface area (Å²) in [5.41, 5.74) is 5.18. The number of tetrazole rings is 1. The predicted octanol–water partition coefficient (Wildman–Crippen LogP) is -0.0947. The molecule has 0 aliphatic heterocycles. The fraction of sp³-hybridized carbons (Fsp3) is 0.222. The van der Waals surface area contributed by atoms with Gasteiger partial charge in [-0.1, -0.05) is 0 Å². The Balaban J connectivity index is 2.33. The number of hydrogen-bond donors (Lipinski definition) is 1. The standard InChI is InChI=1S/C9H10FN5O2S/c1-15-13-9(12-14-15)5-18(16,17)6-2-3-8(11)7(10)4-6/h2-4H,5,11H2,1H3. The Morgan fingerprint density at radius 2 is 2.17 bits per heavy atom. The van der Waals surface area contributed by atoms with Crippen LogP contribution in [0, 0.1) is 5.82 Å². The van der Waals surface area contributed by atoms with Crippen LogP contribution in [0.25, 0.3) is 0 Å². The molecule has 0 unspecified atom stereocenters. The molecule has 0 aliphatic rings. The van der Waals surface area contributed by atoms with Crippen molar-refractivity contribution in [1.82, 2.24) is 20.2 Å². The lowest BCUT2D eigenvalue weighted by molar-refractivity contribution is 0.589. The number of anilines is 1. The molecule has 0 radical (unpaired) electrons. The highest BCUT2D eigenvalue weighted by Crippen LogP contribution is 2.19. The van der Waals surface area contributed by atoms with E-state index in [1.807, 2.05) is 0 Å². The summed E-state index contributed by atoms with van der Waals surface area (Å²) < 4.78 is 37.1. The van der Waals surface area contributed by atoms with Gasteiger partial charge in [-0.3, -0.25) is 0 Å². The molecule has 9 heteroatoms. The van der Waals surface area contributed by atoms with Gasteiger partial charge in [0.25, 0.3) is 0 Å². The summed E-state index contributed by atoms with van der Waals surface area (Å²) in [6.07, 6.45) is 0. The van der Waals surface area contributed by atoms with E-state index in [4.69, 9.17) is 5.73 Å². The Morgan fingerprint density at radius 1 is 1.44 bits per heavy atom. The van der Waals surface area contributed by atoms with Gasteiger partial charge in [0.2, 0.25) is 0 Å². The summed E-state index contributed by atoms with van der Waals surface area (Å²) >= 11 is 0. The van der Waals surface area contributed by atoms with Crippen LogP contribution in [0.4, 0.5) is 10.1 Å². The quantitative estimate of drug-likeness (QED) is 0.782. The van der Waals surface area contributed by atoms with Crippen LogP contribution in [0.1, 0.15) is 5.82 Å². The van der Waals surface area contributed by atoms with Crippen LogP contribution in [0.5, 0.6) is 0 Å². The minimum Gasteiger partial charge on any atom is -0.396 e. The third-order valence-corrected chi connectivity index (χ3v) is 3.81. The van der Waals surface area contributed by atoms with Crippen molar-refractivity contribution in [3.05, 3.63) is 29.8 Å². The number of hydrogen-bond acceptors (Lipinski definition) is 6. The summed E-state index contributed by atoms with van der Waals surface area (Å²) in [6, 6.07) is 3.32. The van der Waals surface area contributed by atoms with Crippen LogP contribution in [0.15, 0.2) is 23.1 Å². The average Bonchev–Trinajstić information content (AvgIpc) is 2.67. The molecule has 0 bridgehead atoms. The molecule has 7 nitrogen and oxygen atoms in total. The summed E-state index contributed by atoms with van der Waals surface area (Å²) in [5, 5.41) is 10.9. The van der Waals surface area contributed by atoms with Crippen LogP contribution in [-0.4, -0.2) is 28.6 Å². The number of nitrogen functional groups attached to an aromatic ring is 1. The van der Waals surface area contributed by atoms with E-state index in [1.165, 1.54) is 19.2 Å². The third-order valence-electron chi connectivity index (χ3n) is 2.20. The van der Waals surface area contributed by atoms with Crippen LogP contribution >= 0.6 is 0 Å². The fourth-order valence-corrected chi connectivity index (χ4v) is 2.52. The SMILES string of the molecule is Cn1nnc(CS(=O)(=O)c2ccc(N)c(F)c2)n1. The second kappa shape index (κ2) is 4.33. The van der Waals surface area contributed by atoms with Crippen molar-refractivity contribution >= 4 is 15.5 Å². The van der Waals surface area contributed by atoms with Gasteiger partial charge in [-0.15, -0.1) is 10.2 Å². The average molecular weight is 271 g/mol. The molecular formula is C9H10FN5O2S. The van der Waals surface area contributed by atoms with Crippen molar-refractivity contribution in [1.29, 1.82) is 0 Å². The fourth-order valence-electron chi connectivity index (χ4n) is 1.34. The van der Waals surface area contributed by atoms with Crippen molar-refractivity contribution in [2.45, 2.75) is 10.6 Å². The minimum absolute atomic E-state index is 0.0507. The van der Waals surface area contributed by atoms with Gasteiger partial charge in [0.05, 0.1) is 17.6 Å². The van der Waals surface area contributed by atoms with Crippen LogP contribution in [-0.2, 0) is 22.6 Å². The zero-order valence-electron chi connectivity index (χ0n) is 9.41.